The van der Waals surface area contributed by atoms with Gasteiger partial charge >= 0.3 is 0 Å². The molecule has 0 radical (unpaired) electrons. The molecule has 0 spiro atoms. The minimum atomic E-state index is -0.809. The highest BCUT2D eigenvalue weighted by molar-refractivity contribution is 5.50. The molecule has 0 bridgehead atoms. The van der Waals surface area contributed by atoms with E-state index in [0.29, 0.717) is 5.92 Å². The first kappa shape index (κ1) is 25.8. The molecular weight excluding hydrogens is 420 g/mol. The minimum absolute atomic E-state index is 0.117. The second-order valence-electron chi connectivity index (χ2n) is 10.7. The number of ether oxygens (including phenoxy) is 3. The normalized spacial score (nSPS) is 12.6. The summed E-state index contributed by atoms with van der Waals surface area (Å²) < 4.78 is 18.3. The molecule has 3 heteroatoms. The monoisotopic (exact) mass is 460 g/mol. The summed E-state index contributed by atoms with van der Waals surface area (Å²) in [6.07, 6.45) is 0.915. The van der Waals surface area contributed by atoms with Gasteiger partial charge in [0.15, 0.2) is 0 Å². The van der Waals surface area contributed by atoms with E-state index in [4.69, 9.17) is 14.2 Å². The fourth-order valence-electron chi connectivity index (χ4n) is 4.75. The van der Waals surface area contributed by atoms with Crippen molar-refractivity contribution in [2.45, 2.75) is 59.2 Å². The molecule has 3 aromatic carbocycles. The molecule has 0 heterocycles. The van der Waals surface area contributed by atoms with Gasteiger partial charge in [0.2, 0.25) is 0 Å². The average Bonchev–Trinajstić information content (AvgIpc) is 2.82. The first-order valence-electron chi connectivity index (χ1n) is 12.1. The zero-order chi connectivity index (χ0) is 25.0. The van der Waals surface area contributed by atoms with E-state index in [1.807, 2.05) is 30.3 Å². The Morgan fingerprint density at radius 2 is 1.03 bits per heavy atom. The van der Waals surface area contributed by atoms with Gasteiger partial charge < -0.3 is 14.2 Å². The van der Waals surface area contributed by atoms with Crippen molar-refractivity contribution in [1.82, 2.24) is 0 Å². The van der Waals surface area contributed by atoms with E-state index in [1.54, 1.807) is 14.2 Å². The highest BCUT2D eigenvalue weighted by Crippen LogP contribution is 2.47. The third-order valence-corrected chi connectivity index (χ3v) is 7.05. The Kier molecular flexibility index (Phi) is 7.77. The van der Waals surface area contributed by atoms with Crippen molar-refractivity contribution in [3.05, 3.63) is 95.6 Å². The third kappa shape index (κ3) is 5.47. The van der Waals surface area contributed by atoms with Gasteiger partial charge in [0.25, 0.3) is 0 Å². The molecule has 3 nitrogen and oxygen atoms in total. The van der Waals surface area contributed by atoms with Crippen LogP contribution in [0.5, 0.6) is 11.5 Å². The zero-order valence-electron chi connectivity index (χ0n) is 22.0. The van der Waals surface area contributed by atoms with Crippen LogP contribution in [-0.4, -0.2) is 19.8 Å². The van der Waals surface area contributed by atoms with Gasteiger partial charge in [-0.15, -0.1) is 0 Å². The number of hydrogen-bond acceptors (Lipinski definition) is 3. The molecule has 0 saturated heterocycles. The SMILES string of the molecule is COc1ccc(C(OC(C)(C)CC(C)(C)C(C)C)(c2ccccc2)c2ccc(OC)cc2)cc1. The van der Waals surface area contributed by atoms with Crippen LogP contribution in [-0.2, 0) is 10.3 Å². The largest absolute Gasteiger partial charge is 0.497 e. The topological polar surface area (TPSA) is 27.7 Å². The van der Waals surface area contributed by atoms with E-state index in [-0.39, 0.29) is 5.41 Å². The lowest BCUT2D eigenvalue weighted by Crippen LogP contribution is -2.44. The van der Waals surface area contributed by atoms with Crippen molar-refractivity contribution in [3.8, 4) is 11.5 Å². The van der Waals surface area contributed by atoms with Gasteiger partial charge in [-0.2, -0.15) is 0 Å². The van der Waals surface area contributed by atoms with Crippen molar-refractivity contribution < 1.29 is 14.2 Å². The van der Waals surface area contributed by atoms with Crippen molar-refractivity contribution in [2.75, 3.05) is 14.2 Å². The van der Waals surface area contributed by atoms with Gasteiger partial charge in [-0.1, -0.05) is 82.3 Å². The van der Waals surface area contributed by atoms with E-state index in [9.17, 15) is 0 Å². The highest BCUT2D eigenvalue weighted by Gasteiger charge is 2.44. The Labute approximate surface area is 206 Å². The summed E-state index contributed by atoms with van der Waals surface area (Å²) in [6.45, 7) is 13.6. The highest BCUT2D eigenvalue weighted by atomic mass is 16.5. The average molecular weight is 461 g/mol. The van der Waals surface area contributed by atoms with E-state index in [0.717, 1.165) is 34.6 Å². The maximum Gasteiger partial charge on any atom is 0.144 e. The molecule has 0 atom stereocenters. The molecule has 0 unspecified atom stereocenters. The van der Waals surface area contributed by atoms with Crippen molar-refractivity contribution >= 4 is 0 Å². The maximum atomic E-state index is 7.34. The van der Waals surface area contributed by atoms with Gasteiger partial charge in [-0.25, -0.2) is 0 Å². The molecule has 0 amide bonds. The molecule has 0 fully saturated rings. The van der Waals surface area contributed by atoms with Crippen molar-refractivity contribution in [2.24, 2.45) is 11.3 Å². The molecular formula is C31H40O3. The summed E-state index contributed by atoms with van der Waals surface area (Å²) in [4.78, 5) is 0. The molecule has 0 aliphatic carbocycles. The molecule has 3 rings (SSSR count). The van der Waals surface area contributed by atoms with E-state index < -0.39 is 11.2 Å². The van der Waals surface area contributed by atoms with Crippen LogP contribution in [0.4, 0.5) is 0 Å². The van der Waals surface area contributed by atoms with Gasteiger partial charge in [-0.3, -0.25) is 0 Å². The quantitative estimate of drug-likeness (QED) is 0.288. The second kappa shape index (κ2) is 10.2. The Bertz CT molecular complexity index is 985. The Morgan fingerprint density at radius 1 is 0.618 bits per heavy atom. The Morgan fingerprint density at radius 3 is 1.41 bits per heavy atom. The van der Waals surface area contributed by atoms with Gasteiger partial charge in [0.1, 0.15) is 17.1 Å². The third-order valence-electron chi connectivity index (χ3n) is 7.05. The lowest BCUT2D eigenvalue weighted by molar-refractivity contribution is -0.124. The summed E-state index contributed by atoms with van der Waals surface area (Å²) in [5, 5.41) is 0. The van der Waals surface area contributed by atoms with Crippen LogP contribution < -0.4 is 9.47 Å². The number of rotatable bonds is 10. The van der Waals surface area contributed by atoms with E-state index in [1.165, 1.54) is 0 Å². The fourth-order valence-corrected chi connectivity index (χ4v) is 4.75. The fraction of sp³-hybridized carbons (Fsp3) is 0.419. The maximum absolute atomic E-state index is 7.34. The molecule has 34 heavy (non-hydrogen) atoms. The summed E-state index contributed by atoms with van der Waals surface area (Å²) in [7, 11) is 3.38. The summed E-state index contributed by atoms with van der Waals surface area (Å²) in [5.41, 5.74) is 2.09. The molecule has 3 aromatic rings. The smallest absolute Gasteiger partial charge is 0.144 e. The Balaban J connectivity index is 2.26. The number of methoxy groups -OCH3 is 2. The first-order valence-corrected chi connectivity index (χ1v) is 12.1. The van der Waals surface area contributed by atoms with E-state index >= 15 is 0 Å². The molecule has 0 saturated carbocycles. The van der Waals surface area contributed by atoms with Crippen LogP contribution in [0, 0.1) is 11.3 Å². The Hall–Kier alpha value is -2.78. The first-order chi connectivity index (χ1) is 16.0. The van der Waals surface area contributed by atoms with Crippen LogP contribution in [0.1, 0.15) is 64.7 Å². The van der Waals surface area contributed by atoms with Crippen LogP contribution in [0.2, 0.25) is 0 Å². The standard InChI is InChI=1S/C31H40O3/c1-23(2)29(3,4)22-30(5,6)34-31(24-12-10-9-11-13-24,25-14-18-27(32-7)19-15-25)26-16-20-28(33-8)21-17-26/h9-21,23H,22H2,1-8H3. The summed E-state index contributed by atoms with van der Waals surface area (Å²) in [6, 6.07) is 27.0. The second-order valence-corrected chi connectivity index (χ2v) is 10.7. The minimum Gasteiger partial charge on any atom is -0.497 e. The zero-order valence-corrected chi connectivity index (χ0v) is 22.0. The molecule has 0 aliphatic heterocycles. The van der Waals surface area contributed by atoms with Gasteiger partial charge in [0, 0.05) is 0 Å². The number of hydrogen-bond donors (Lipinski definition) is 0. The van der Waals surface area contributed by atoms with Crippen LogP contribution >= 0.6 is 0 Å². The van der Waals surface area contributed by atoms with Crippen LogP contribution in [0.15, 0.2) is 78.9 Å². The van der Waals surface area contributed by atoms with Crippen molar-refractivity contribution in [3.63, 3.8) is 0 Å². The number of benzene rings is 3. The predicted octanol–water partition coefficient (Wildman–Crippen LogP) is 7.86. The van der Waals surface area contributed by atoms with Gasteiger partial charge in [0.05, 0.1) is 19.8 Å². The predicted molar refractivity (Wildman–Crippen MR) is 141 cm³/mol. The molecule has 0 N–H and O–H groups in total. The summed E-state index contributed by atoms with van der Waals surface area (Å²) >= 11 is 0. The van der Waals surface area contributed by atoms with Gasteiger partial charge in [-0.05, 0) is 72.6 Å². The molecule has 182 valence electrons. The summed E-state index contributed by atoms with van der Waals surface area (Å²) in [5.74, 6) is 2.17. The van der Waals surface area contributed by atoms with Crippen LogP contribution in [0.3, 0.4) is 0 Å². The molecule has 0 aromatic heterocycles. The van der Waals surface area contributed by atoms with Crippen LogP contribution in [0.25, 0.3) is 0 Å². The lowest BCUT2D eigenvalue weighted by atomic mass is 9.72. The van der Waals surface area contributed by atoms with Crippen molar-refractivity contribution in [1.29, 1.82) is 0 Å². The van der Waals surface area contributed by atoms with E-state index in [2.05, 4.69) is 90.1 Å². The lowest BCUT2D eigenvalue weighted by Gasteiger charge is -2.45. The molecule has 0 aliphatic rings.